The van der Waals surface area contributed by atoms with Crippen molar-refractivity contribution in [2.24, 2.45) is 0 Å². The van der Waals surface area contributed by atoms with Crippen LogP contribution in [0.15, 0.2) is 78.9 Å². The molecule has 172 valence electrons. The number of benzene rings is 3. The summed E-state index contributed by atoms with van der Waals surface area (Å²) in [4.78, 5) is 12.6. The van der Waals surface area contributed by atoms with Gasteiger partial charge in [-0.3, -0.25) is 4.79 Å². The number of Topliss-reactive ketones (excluding diaryl/α,β-unsaturated/α-hetero) is 1. The number of carbonyl (C=O) groups excluding carboxylic acids is 1. The molecule has 0 N–H and O–H groups in total. The monoisotopic (exact) mass is 446 g/mol. The lowest BCUT2D eigenvalue weighted by atomic mass is 9.76. The summed E-state index contributed by atoms with van der Waals surface area (Å²) in [6.07, 6.45) is 5.42. The van der Waals surface area contributed by atoms with Gasteiger partial charge in [-0.1, -0.05) is 55.5 Å². The summed E-state index contributed by atoms with van der Waals surface area (Å²) < 4.78 is 25.8. The molecule has 0 saturated carbocycles. The fourth-order valence-electron chi connectivity index (χ4n) is 3.43. The molecule has 0 aliphatic rings. The third-order valence-electron chi connectivity index (χ3n) is 5.94. The van der Waals surface area contributed by atoms with Gasteiger partial charge in [0.15, 0.2) is 11.6 Å². The highest BCUT2D eigenvalue weighted by Gasteiger charge is 2.30. The molecule has 3 aromatic carbocycles. The Morgan fingerprint density at radius 3 is 2.36 bits per heavy atom. The topological polar surface area (TPSA) is 35.5 Å². The van der Waals surface area contributed by atoms with Crippen molar-refractivity contribution in [3.63, 3.8) is 0 Å². The van der Waals surface area contributed by atoms with Crippen LogP contribution in [-0.4, -0.2) is 11.9 Å². The first-order valence-electron chi connectivity index (χ1n) is 11.3. The van der Waals surface area contributed by atoms with Crippen LogP contribution >= 0.6 is 0 Å². The molecule has 3 nitrogen and oxygen atoms in total. The average molecular weight is 447 g/mol. The number of rotatable bonds is 10. The number of ether oxygens (including phenoxy) is 2. The van der Waals surface area contributed by atoms with E-state index in [2.05, 4.69) is 6.92 Å². The van der Waals surface area contributed by atoms with Crippen molar-refractivity contribution < 1.29 is 18.7 Å². The van der Waals surface area contributed by atoms with E-state index in [-0.39, 0.29) is 17.6 Å². The van der Waals surface area contributed by atoms with Gasteiger partial charge in [-0.2, -0.15) is 0 Å². The van der Waals surface area contributed by atoms with Crippen LogP contribution < -0.4 is 9.47 Å². The van der Waals surface area contributed by atoms with Crippen LogP contribution in [0.4, 0.5) is 4.39 Å². The van der Waals surface area contributed by atoms with Crippen LogP contribution in [0.3, 0.4) is 0 Å². The van der Waals surface area contributed by atoms with Gasteiger partial charge in [0.2, 0.25) is 0 Å². The third kappa shape index (κ3) is 6.32. The summed E-state index contributed by atoms with van der Waals surface area (Å²) in [5.74, 6) is 1.18. The Balaban J connectivity index is 1.75. The van der Waals surface area contributed by atoms with Gasteiger partial charge in [-0.05, 0) is 81.1 Å². The molecule has 2 atom stereocenters. The summed E-state index contributed by atoms with van der Waals surface area (Å²) in [6.45, 7) is 7.67. The van der Waals surface area contributed by atoms with E-state index < -0.39 is 11.2 Å². The van der Waals surface area contributed by atoms with Crippen molar-refractivity contribution >= 4 is 11.9 Å². The Hall–Kier alpha value is -3.40. The van der Waals surface area contributed by atoms with E-state index in [1.165, 1.54) is 6.07 Å². The summed E-state index contributed by atoms with van der Waals surface area (Å²) in [5.41, 5.74) is 1.06. The molecule has 2 unspecified atom stereocenters. The fraction of sp³-hybridized carbons (Fsp3) is 0.276. The number of ketones is 1. The standard InChI is InChI=1S/C29H31FO3/c1-5-21(2)32-26-16-14-24(15-17-26)29(4,22(3)31)19-9-10-23-13-18-27(30)28(20-23)33-25-11-7-6-8-12-25/h6-18,20-21H,5,19H2,1-4H3. The third-order valence-corrected chi connectivity index (χ3v) is 5.94. The number of hydrogen-bond acceptors (Lipinski definition) is 3. The number of halogens is 1. The molecule has 0 fully saturated rings. The molecule has 0 radical (unpaired) electrons. The van der Waals surface area contributed by atoms with Crippen molar-refractivity contribution in [2.75, 3.05) is 0 Å². The van der Waals surface area contributed by atoms with E-state index in [1.807, 2.05) is 68.5 Å². The maximum absolute atomic E-state index is 14.2. The fourth-order valence-corrected chi connectivity index (χ4v) is 3.43. The minimum atomic E-state index is -0.672. The average Bonchev–Trinajstić information content (AvgIpc) is 2.82. The molecule has 0 aliphatic heterocycles. The van der Waals surface area contributed by atoms with Crippen LogP contribution in [0, 0.1) is 5.82 Å². The van der Waals surface area contributed by atoms with Gasteiger partial charge in [0, 0.05) is 0 Å². The van der Waals surface area contributed by atoms with Crippen LogP contribution in [0.2, 0.25) is 0 Å². The molecule has 0 aromatic heterocycles. The van der Waals surface area contributed by atoms with Crippen molar-refractivity contribution in [3.8, 4) is 17.2 Å². The molecule has 0 amide bonds. The maximum atomic E-state index is 14.2. The van der Waals surface area contributed by atoms with Crippen LogP contribution in [0.5, 0.6) is 17.2 Å². The molecular formula is C29H31FO3. The SMILES string of the molecule is CCC(C)Oc1ccc(C(C)(CC=Cc2ccc(F)c(Oc3ccccc3)c2)C(C)=O)cc1. The predicted octanol–water partition coefficient (Wildman–Crippen LogP) is 7.75. The first-order valence-corrected chi connectivity index (χ1v) is 11.3. The normalized spacial score (nSPS) is 14.0. The lowest BCUT2D eigenvalue weighted by Gasteiger charge is -2.26. The summed E-state index contributed by atoms with van der Waals surface area (Å²) in [6, 6.07) is 21.6. The highest BCUT2D eigenvalue weighted by Crippen LogP contribution is 2.32. The Kier molecular flexibility index (Phi) is 8.05. The summed E-state index contributed by atoms with van der Waals surface area (Å²) in [5, 5.41) is 0. The zero-order valence-electron chi connectivity index (χ0n) is 19.7. The van der Waals surface area contributed by atoms with Gasteiger partial charge < -0.3 is 9.47 Å². The smallest absolute Gasteiger partial charge is 0.165 e. The van der Waals surface area contributed by atoms with Gasteiger partial charge in [0.05, 0.1) is 11.5 Å². The Bertz CT molecular complexity index is 1090. The second-order valence-corrected chi connectivity index (χ2v) is 8.46. The molecule has 0 spiro atoms. The first-order chi connectivity index (χ1) is 15.8. The van der Waals surface area contributed by atoms with E-state index >= 15 is 0 Å². The van der Waals surface area contributed by atoms with Crippen molar-refractivity contribution in [2.45, 2.75) is 52.1 Å². The molecule has 0 bridgehead atoms. The van der Waals surface area contributed by atoms with Crippen molar-refractivity contribution in [1.29, 1.82) is 0 Å². The zero-order valence-corrected chi connectivity index (χ0v) is 19.7. The molecular weight excluding hydrogens is 415 g/mol. The molecule has 3 aromatic rings. The largest absolute Gasteiger partial charge is 0.491 e. The molecule has 3 rings (SSSR count). The zero-order chi connectivity index (χ0) is 23.8. The molecule has 4 heteroatoms. The number of allylic oxidation sites excluding steroid dienone is 1. The minimum Gasteiger partial charge on any atom is -0.491 e. The highest BCUT2D eigenvalue weighted by molar-refractivity contribution is 5.88. The quantitative estimate of drug-likeness (QED) is 0.319. The molecule has 0 saturated heterocycles. The number of hydrogen-bond donors (Lipinski definition) is 0. The van der Waals surface area contributed by atoms with E-state index in [0.29, 0.717) is 12.2 Å². The van der Waals surface area contributed by atoms with E-state index in [4.69, 9.17) is 9.47 Å². The van der Waals surface area contributed by atoms with Gasteiger partial charge in [-0.25, -0.2) is 4.39 Å². The van der Waals surface area contributed by atoms with Crippen LogP contribution in [0.25, 0.3) is 6.08 Å². The van der Waals surface area contributed by atoms with Crippen molar-refractivity contribution in [3.05, 3.63) is 95.8 Å². The minimum absolute atomic E-state index is 0.0787. The summed E-state index contributed by atoms with van der Waals surface area (Å²) >= 11 is 0. The van der Waals surface area contributed by atoms with E-state index in [9.17, 15) is 9.18 Å². The lowest BCUT2D eigenvalue weighted by Crippen LogP contribution is -2.29. The van der Waals surface area contributed by atoms with Crippen LogP contribution in [-0.2, 0) is 10.2 Å². The second-order valence-electron chi connectivity index (χ2n) is 8.46. The van der Waals surface area contributed by atoms with Gasteiger partial charge in [0.25, 0.3) is 0 Å². The molecule has 0 heterocycles. The van der Waals surface area contributed by atoms with Gasteiger partial charge >= 0.3 is 0 Å². The van der Waals surface area contributed by atoms with Crippen molar-refractivity contribution in [1.82, 2.24) is 0 Å². The Morgan fingerprint density at radius 2 is 1.73 bits per heavy atom. The van der Waals surface area contributed by atoms with E-state index in [1.54, 1.807) is 31.2 Å². The maximum Gasteiger partial charge on any atom is 0.165 e. The van der Waals surface area contributed by atoms with Gasteiger partial charge in [-0.15, -0.1) is 0 Å². The Morgan fingerprint density at radius 1 is 1.03 bits per heavy atom. The predicted molar refractivity (Wildman–Crippen MR) is 131 cm³/mol. The first kappa shape index (κ1) is 24.2. The number of para-hydroxylation sites is 1. The van der Waals surface area contributed by atoms with Crippen LogP contribution in [0.1, 0.15) is 51.7 Å². The lowest BCUT2D eigenvalue weighted by molar-refractivity contribution is -0.121. The number of carbonyl (C=O) groups is 1. The second kappa shape index (κ2) is 11.0. The molecule has 0 aliphatic carbocycles. The van der Waals surface area contributed by atoms with E-state index in [0.717, 1.165) is 23.3 Å². The highest BCUT2D eigenvalue weighted by atomic mass is 19.1. The molecule has 33 heavy (non-hydrogen) atoms. The summed E-state index contributed by atoms with van der Waals surface area (Å²) in [7, 11) is 0. The van der Waals surface area contributed by atoms with Gasteiger partial charge in [0.1, 0.15) is 17.3 Å². The Labute approximate surface area is 195 Å².